The van der Waals surface area contributed by atoms with E-state index in [1.807, 2.05) is 0 Å². The van der Waals surface area contributed by atoms with Crippen LogP contribution in [0.4, 0.5) is 0 Å². The minimum atomic E-state index is 0.514. The highest BCUT2D eigenvalue weighted by atomic mass is 16.5. The van der Waals surface area contributed by atoms with E-state index in [0.29, 0.717) is 5.41 Å². The van der Waals surface area contributed by atoms with E-state index < -0.39 is 0 Å². The molecule has 0 heterocycles. The Hall–Kier alpha value is -0.120. The highest BCUT2D eigenvalue weighted by Gasteiger charge is 2.34. The molecule has 0 aromatic carbocycles. The lowest BCUT2D eigenvalue weighted by molar-refractivity contribution is 0.0865. The number of rotatable bonds is 11. The van der Waals surface area contributed by atoms with Crippen LogP contribution in [0.25, 0.3) is 0 Å². The van der Waals surface area contributed by atoms with Gasteiger partial charge >= 0.3 is 0 Å². The van der Waals surface area contributed by atoms with Crippen molar-refractivity contribution in [2.75, 3.05) is 46.4 Å². The zero-order chi connectivity index (χ0) is 15.1. The monoisotopic (exact) mass is 296 g/mol. The van der Waals surface area contributed by atoms with E-state index in [4.69, 9.17) is 4.74 Å². The molecule has 3 heteroatoms. The van der Waals surface area contributed by atoms with Gasteiger partial charge in [0.2, 0.25) is 0 Å². The smallest absolute Gasteiger partial charge is 0.0593 e. The second-order valence-corrected chi connectivity index (χ2v) is 7.99. The molecular formula is C18H36N2O. The number of ether oxygens (including phenoxy) is 1. The van der Waals surface area contributed by atoms with Gasteiger partial charge in [-0.2, -0.15) is 0 Å². The second-order valence-electron chi connectivity index (χ2n) is 7.99. The molecule has 0 radical (unpaired) electrons. The van der Waals surface area contributed by atoms with Gasteiger partial charge in [0, 0.05) is 26.2 Å². The van der Waals surface area contributed by atoms with Crippen molar-refractivity contribution in [3.8, 4) is 0 Å². The summed E-state index contributed by atoms with van der Waals surface area (Å²) in [7, 11) is 2.27. The molecule has 0 unspecified atom stereocenters. The lowest BCUT2D eigenvalue weighted by atomic mass is 9.85. The van der Waals surface area contributed by atoms with E-state index in [2.05, 4.69) is 31.1 Å². The number of hydrogen-bond acceptors (Lipinski definition) is 3. The Morgan fingerprint density at radius 1 is 1.24 bits per heavy atom. The van der Waals surface area contributed by atoms with Gasteiger partial charge in [0.15, 0.2) is 0 Å². The van der Waals surface area contributed by atoms with Gasteiger partial charge in [-0.3, -0.25) is 0 Å². The van der Waals surface area contributed by atoms with Gasteiger partial charge in [-0.1, -0.05) is 26.7 Å². The predicted octanol–water partition coefficient (Wildman–Crippen LogP) is 3.15. The highest BCUT2D eigenvalue weighted by molar-refractivity contribution is 4.89. The molecule has 2 saturated carbocycles. The normalized spacial score (nSPS) is 21.6. The van der Waals surface area contributed by atoms with Gasteiger partial charge in [-0.05, 0) is 56.5 Å². The lowest BCUT2D eigenvalue weighted by Gasteiger charge is -2.34. The van der Waals surface area contributed by atoms with Crippen LogP contribution in [0.15, 0.2) is 0 Å². The molecule has 2 fully saturated rings. The summed E-state index contributed by atoms with van der Waals surface area (Å²) in [4.78, 5) is 2.50. The maximum Gasteiger partial charge on any atom is 0.0593 e. The van der Waals surface area contributed by atoms with Gasteiger partial charge in [0.25, 0.3) is 0 Å². The van der Waals surface area contributed by atoms with Crippen molar-refractivity contribution in [2.24, 2.45) is 17.3 Å². The molecule has 0 atom stereocenters. The molecule has 1 N–H and O–H groups in total. The molecule has 0 aliphatic heterocycles. The van der Waals surface area contributed by atoms with Crippen molar-refractivity contribution in [1.29, 1.82) is 0 Å². The Bertz CT molecular complexity index is 283. The molecule has 2 aliphatic carbocycles. The molecule has 2 aliphatic rings. The average Bonchev–Trinajstić information content (AvgIpc) is 3.14. The van der Waals surface area contributed by atoms with Crippen molar-refractivity contribution < 1.29 is 4.74 Å². The first-order valence-electron chi connectivity index (χ1n) is 9.07. The third kappa shape index (κ3) is 6.66. The van der Waals surface area contributed by atoms with Crippen LogP contribution >= 0.6 is 0 Å². The number of hydrogen-bond donors (Lipinski definition) is 1. The Morgan fingerprint density at radius 2 is 1.95 bits per heavy atom. The molecule has 0 amide bonds. The van der Waals surface area contributed by atoms with E-state index >= 15 is 0 Å². The molecule has 124 valence electrons. The molecule has 0 aromatic heterocycles. The van der Waals surface area contributed by atoms with Crippen LogP contribution in [-0.4, -0.2) is 51.3 Å². The average molecular weight is 296 g/mol. The van der Waals surface area contributed by atoms with Crippen LogP contribution in [0.1, 0.15) is 52.4 Å². The zero-order valence-corrected chi connectivity index (χ0v) is 14.5. The molecule has 0 spiro atoms. The summed E-state index contributed by atoms with van der Waals surface area (Å²) < 4.78 is 5.78. The number of nitrogens with zero attached hydrogens (tertiary/aromatic N) is 1. The maximum atomic E-state index is 5.78. The van der Waals surface area contributed by atoms with Crippen molar-refractivity contribution >= 4 is 0 Å². The van der Waals surface area contributed by atoms with Crippen molar-refractivity contribution in [3.05, 3.63) is 0 Å². The molecule has 0 saturated heterocycles. The molecule has 3 nitrogen and oxygen atoms in total. The van der Waals surface area contributed by atoms with Crippen LogP contribution in [0.2, 0.25) is 0 Å². The molecule has 2 rings (SSSR count). The van der Waals surface area contributed by atoms with Crippen LogP contribution < -0.4 is 5.32 Å². The maximum absolute atomic E-state index is 5.78. The lowest BCUT2D eigenvalue weighted by Crippen LogP contribution is -2.43. The minimum Gasteiger partial charge on any atom is -0.380 e. The summed E-state index contributed by atoms with van der Waals surface area (Å²) in [5.41, 5.74) is 0.514. The summed E-state index contributed by atoms with van der Waals surface area (Å²) in [5, 5.41) is 3.71. The van der Waals surface area contributed by atoms with Crippen molar-refractivity contribution in [2.45, 2.75) is 52.4 Å². The van der Waals surface area contributed by atoms with Gasteiger partial charge < -0.3 is 15.0 Å². The molecule has 21 heavy (non-hydrogen) atoms. The van der Waals surface area contributed by atoms with E-state index in [0.717, 1.165) is 38.1 Å². The van der Waals surface area contributed by atoms with E-state index in [1.54, 1.807) is 0 Å². The Balaban J connectivity index is 1.64. The van der Waals surface area contributed by atoms with Gasteiger partial charge in [0.05, 0.1) is 6.61 Å². The van der Waals surface area contributed by atoms with Crippen LogP contribution in [0, 0.1) is 17.3 Å². The first-order chi connectivity index (χ1) is 10.1. The molecule has 0 aromatic rings. The standard InChI is InChI=1S/C18H36N2O/c1-16(2)12-19-14-18(8-4-5-9-18)15-20(3)10-11-21-13-17-6-7-17/h16-17,19H,4-15H2,1-3H3. The van der Waals surface area contributed by atoms with Crippen molar-refractivity contribution in [1.82, 2.24) is 10.2 Å². The first kappa shape index (κ1) is 17.2. The van der Waals surface area contributed by atoms with E-state index in [1.165, 1.54) is 51.6 Å². The van der Waals surface area contributed by atoms with Gasteiger partial charge in [0.1, 0.15) is 0 Å². The fraction of sp³-hybridized carbons (Fsp3) is 1.00. The van der Waals surface area contributed by atoms with Gasteiger partial charge in [-0.25, -0.2) is 0 Å². The number of likely N-dealkylation sites (N-methyl/N-ethyl adjacent to an activating group) is 1. The third-order valence-corrected chi connectivity index (χ3v) is 4.99. The quantitative estimate of drug-likeness (QED) is 0.593. The Morgan fingerprint density at radius 3 is 2.57 bits per heavy atom. The Kier molecular flexibility index (Phi) is 6.97. The van der Waals surface area contributed by atoms with Crippen LogP contribution in [-0.2, 0) is 4.74 Å². The second kappa shape index (κ2) is 8.50. The topological polar surface area (TPSA) is 24.5 Å². The van der Waals surface area contributed by atoms with Crippen LogP contribution in [0.3, 0.4) is 0 Å². The van der Waals surface area contributed by atoms with Crippen molar-refractivity contribution in [3.63, 3.8) is 0 Å². The third-order valence-electron chi connectivity index (χ3n) is 4.99. The SMILES string of the molecule is CC(C)CNCC1(CN(C)CCOCC2CC2)CCCC1. The fourth-order valence-corrected chi connectivity index (χ4v) is 3.55. The summed E-state index contributed by atoms with van der Waals surface area (Å²) in [6.07, 6.45) is 8.39. The first-order valence-corrected chi connectivity index (χ1v) is 9.07. The summed E-state index contributed by atoms with van der Waals surface area (Å²) in [6.45, 7) is 11.1. The largest absolute Gasteiger partial charge is 0.380 e. The fourth-order valence-electron chi connectivity index (χ4n) is 3.55. The Labute approximate surface area is 131 Å². The van der Waals surface area contributed by atoms with Gasteiger partial charge in [-0.15, -0.1) is 0 Å². The van der Waals surface area contributed by atoms with E-state index in [-0.39, 0.29) is 0 Å². The highest BCUT2D eigenvalue weighted by Crippen LogP contribution is 2.38. The number of nitrogens with one attached hydrogen (secondary N) is 1. The van der Waals surface area contributed by atoms with Crippen LogP contribution in [0.5, 0.6) is 0 Å². The molecule has 0 bridgehead atoms. The zero-order valence-electron chi connectivity index (χ0n) is 14.5. The van der Waals surface area contributed by atoms with E-state index in [9.17, 15) is 0 Å². The summed E-state index contributed by atoms with van der Waals surface area (Å²) in [6, 6.07) is 0. The minimum absolute atomic E-state index is 0.514. The predicted molar refractivity (Wildman–Crippen MR) is 89.6 cm³/mol. The summed E-state index contributed by atoms with van der Waals surface area (Å²) in [5.74, 6) is 1.63. The molecular weight excluding hydrogens is 260 g/mol. The summed E-state index contributed by atoms with van der Waals surface area (Å²) >= 11 is 0.